The van der Waals surface area contributed by atoms with Crippen LogP contribution in [-0.2, 0) is 6.54 Å². The summed E-state index contributed by atoms with van der Waals surface area (Å²) in [6.45, 7) is 1.49. The Morgan fingerprint density at radius 3 is 2.31 bits per heavy atom. The summed E-state index contributed by atoms with van der Waals surface area (Å²) in [4.78, 5) is 11.5. The van der Waals surface area contributed by atoms with Crippen LogP contribution in [0.15, 0.2) is 48.5 Å². The minimum atomic E-state index is -4.66. The van der Waals surface area contributed by atoms with Gasteiger partial charge in [0.25, 0.3) is 0 Å². The second-order valence-electron chi connectivity index (χ2n) is 8.97. The van der Waals surface area contributed by atoms with Crippen molar-refractivity contribution < 1.29 is 17.9 Å². The highest BCUT2D eigenvalue weighted by Gasteiger charge is 2.31. The molecule has 1 aliphatic carbocycles. The van der Waals surface area contributed by atoms with Gasteiger partial charge in [0.2, 0.25) is 5.95 Å². The number of aromatic nitrogens is 2. The fourth-order valence-electron chi connectivity index (χ4n) is 4.39. The molecule has 0 spiro atoms. The molecule has 35 heavy (non-hydrogen) atoms. The minimum absolute atomic E-state index is 0. The molecule has 1 aromatic heterocycles. The Kier molecular flexibility index (Phi) is 8.77. The lowest BCUT2D eigenvalue weighted by molar-refractivity contribution is -0.274. The van der Waals surface area contributed by atoms with E-state index >= 15 is 0 Å². The van der Waals surface area contributed by atoms with E-state index in [2.05, 4.69) is 15.4 Å². The van der Waals surface area contributed by atoms with Gasteiger partial charge in [-0.1, -0.05) is 31.7 Å². The molecule has 1 saturated carbocycles. The number of rotatable bonds is 8. The smallest absolute Gasteiger partial charge is 0.406 e. The summed E-state index contributed by atoms with van der Waals surface area (Å²) in [5.41, 5.74) is 1.86. The number of anilines is 2. The highest BCUT2D eigenvalue weighted by molar-refractivity contribution is 5.90. The summed E-state index contributed by atoms with van der Waals surface area (Å²) >= 11 is 0. The van der Waals surface area contributed by atoms with Crippen LogP contribution in [0.4, 0.5) is 24.9 Å². The van der Waals surface area contributed by atoms with Crippen molar-refractivity contribution in [2.24, 2.45) is 5.92 Å². The van der Waals surface area contributed by atoms with Crippen LogP contribution in [0.2, 0.25) is 0 Å². The van der Waals surface area contributed by atoms with Crippen molar-refractivity contribution in [3.05, 3.63) is 54.1 Å². The number of alkyl halides is 3. The molecule has 0 bridgehead atoms. The van der Waals surface area contributed by atoms with Gasteiger partial charge < -0.3 is 20.3 Å². The highest BCUT2D eigenvalue weighted by Crippen LogP contribution is 2.28. The van der Waals surface area contributed by atoms with E-state index in [-0.39, 0.29) is 13.2 Å². The number of hydrogen-bond acceptors (Lipinski definition) is 6. The summed E-state index contributed by atoms with van der Waals surface area (Å²) in [5, 5.41) is 8.00. The van der Waals surface area contributed by atoms with E-state index in [1.165, 1.54) is 12.1 Å². The molecule has 4 rings (SSSR count). The number of ether oxygens (including phenoxy) is 1. The maximum atomic E-state index is 12.3. The average Bonchev–Trinajstić information content (AvgIpc) is 2.80. The van der Waals surface area contributed by atoms with Crippen LogP contribution >= 0.6 is 0 Å². The zero-order valence-corrected chi connectivity index (χ0v) is 19.4. The first-order valence-corrected chi connectivity index (χ1v) is 11.5. The Bertz CT molecular complexity index is 1080. The van der Waals surface area contributed by atoms with Crippen molar-refractivity contribution >= 4 is 22.7 Å². The third-order valence-corrected chi connectivity index (χ3v) is 6.11. The Balaban J connectivity index is 0.00000342. The van der Waals surface area contributed by atoms with E-state index in [4.69, 9.17) is 9.97 Å². The third kappa shape index (κ3) is 7.45. The Morgan fingerprint density at radius 2 is 1.66 bits per heavy atom. The Hall–Kier alpha value is -3.07. The summed E-state index contributed by atoms with van der Waals surface area (Å²) in [6, 6.07) is 14.4. The van der Waals surface area contributed by atoms with Gasteiger partial charge in [-0.05, 0) is 68.0 Å². The fraction of sp³-hybridized carbons (Fsp3) is 0.462. The fourth-order valence-corrected chi connectivity index (χ4v) is 4.39. The van der Waals surface area contributed by atoms with Crippen molar-refractivity contribution in [1.29, 1.82) is 0 Å². The molecule has 9 heteroatoms. The van der Waals surface area contributed by atoms with Gasteiger partial charge in [-0.3, -0.25) is 0 Å². The third-order valence-electron chi connectivity index (χ3n) is 6.11. The summed E-state index contributed by atoms with van der Waals surface area (Å²) < 4.78 is 40.7. The predicted octanol–water partition coefficient (Wildman–Crippen LogP) is 5.99. The Morgan fingerprint density at radius 1 is 0.971 bits per heavy atom. The van der Waals surface area contributed by atoms with Crippen molar-refractivity contribution in [2.75, 3.05) is 30.9 Å². The Labute approximate surface area is 204 Å². The van der Waals surface area contributed by atoms with Crippen LogP contribution in [0.1, 0.15) is 38.7 Å². The van der Waals surface area contributed by atoms with Gasteiger partial charge in [0.1, 0.15) is 11.6 Å². The average molecular weight is 490 g/mol. The molecule has 2 aromatic carbocycles. The molecule has 1 fully saturated rings. The zero-order chi connectivity index (χ0) is 24.1. The molecule has 0 aliphatic heterocycles. The van der Waals surface area contributed by atoms with Gasteiger partial charge in [0, 0.05) is 32.1 Å². The first-order valence-electron chi connectivity index (χ1n) is 11.5. The van der Waals surface area contributed by atoms with E-state index < -0.39 is 6.36 Å². The van der Waals surface area contributed by atoms with Crippen LogP contribution in [0, 0.1) is 5.92 Å². The minimum Gasteiger partial charge on any atom is -0.406 e. The highest BCUT2D eigenvalue weighted by atomic mass is 19.4. The molecule has 3 aromatic rings. The van der Waals surface area contributed by atoms with Crippen LogP contribution in [0.25, 0.3) is 10.9 Å². The lowest BCUT2D eigenvalue weighted by atomic mass is 9.86. The van der Waals surface area contributed by atoms with Gasteiger partial charge in [0.15, 0.2) is 0 Å². The van der Waals surface area contributed by atoms with Crippen molar-refractivity contribution in [2.45, 2.75) is 52.1 Å². The molecule has 0 radical (unpaired) electrons. The van der Waals surface area contributed by atoms with Crippen molar-refractivity contribution in [3.8, 4) is 5.75 Å². The number of hydrogen-bond donors (Lipinski definition) is 2. The topological polar surface area (TPSA) is 62.3 Å². The van der Waals surface area contributed by atoms with E-state index in [0.717, 1.165) is 54.5 Å². The predicted molar refractivity (Wildman–Crippen MR) is 135 cm³/mol. The monoisotopic (exact) mass is 489 g/mol. The zero-order valence-electron chi connectivity index (χ0n) is 19.4. The molecule has 1 aliphatic rings. The lowest BCUT2D eigenvalue weighted by Gasteiger charge is -2.29. The standard InChI is InChI=1S/C25H30F3N5O.CH4/c1-33(2)23-21-5-3-4-6-22(21)31-24(32-23)30-19-11-7-17(8-12-19)15-29-16-18-9-13-20(14-10-18)34-25(26,27)28;/h3-6,9-10,13-14,17,19,29H,7-8,11-12,15-16H2,1-2H3,(H,30,31,32);1H4. The molecule has 0 amide bonds. The first kappa shape index (κ1) is 26.5. The molecule has 0 unspecified atom stereocenters. The molecule has 0 saturated heterocycles. The number of halogens is 3. The largest absolute Gasteiger partial charge is 0.573 e. The van der Waals surface area contributed by atoms with Gasteiger partial charge in [-0.25, -0.2) is 4.98 Å². The van der Waals surface area contributed by atoms with Crippen LogP contribution in [-0.4, -0.2) is 43.0 Å². The summed E-state index contributed by atoms with van der Waals surface area (Å²) in [6.07, 6.45) is -0.385. The van der Waals surface area contributed by atoms with E-state index in [1.807, 2.05) is 43.3 Å². The molecular formula is C26H34F3N5O. The SMILES string of the molecule is C.CN(C)c1nc(NC2CCC(CNCc3ccc(OC(F)(F)F)cc3)CC2)nc2ccccc12. The molecular weight excluding hydrogens is 455 g/mol. The van der Waals surface area contributed by atoms with Gasteiger partial charge in [-0.15, -0.1) is 13.2 Å². The summed E-state index contributed by atoms with van der Waals surface area (Å²) in [7, 11) is 3.98. The molecule has 2 N–H and O–H groups in total. The normalized spacial score (nSPS) is 18.1. The number of para-hydroxylation sites is 1. The quantitative estimate of drug-likeness (QED) is 0.405. The van der Waals surface area contributed by atoms with Crippen LogP contribution < -0.4 is 20.3 Å². The van der Waals surface area contributed by atoms with Crippen molar-refractivity contribution in [3.63, 3.8) is 0 Å². The maximum absolute atomic E-state index is 12.3. The van der Waals surface area contributed by atoms with Gasteiger partial charge in [-0.2, -0.15) is 4.98 Å². The number of nitrogens with one attached hydrogen (secondary N) is 2. The molecule has 1 heterocycles. The van der Waals surface area contributed by atoms with Gasteiger partial charge in [0.05, 0.1) is 5.52 Å². The first-order chi connectivity index (χ1) is 16.3. The van der Waals surface area contributed by atoms with E-state index in [1.54, 1.807) is 12.1 Å². The lowest BCUT2D eigenvalue weighted by Crippen LogP contribution is -2.31. The van der Waals surface area contributed by atoms with Gasteiger partial charge >= 0.3 is 6.36 Å². The maximum Gasteiger partial charge on any atom is 0.573 e. The summed E-state index contributed by atoms with van der Waals surface area (Å²) in [5.74, 6) is 1.95. The molecule has 190 valence electrons. The van der Waals surface area contributed by atoms with E-state index in [0.29, 0.717) is 24.5 Å². The number of benzene rings is 2. The van der Waals surface area contributed by atoms with Crippen LogP contribution in [0.5, 0.6) is 5.75 Å². The number of nitrogens with zero attached hydrogens (tertiary/aromatic N) is 3. The molecule has 0 atom stereocenters. The number of fused-ring (bicyclic) bond motifs is 1. The van der Waals surface area contributed by atoms with E-state index in [9.17, 15) is 13.2 Å². The molecule has 6 nitrogen and oxygen atoms in total. The second-order valence-corrected chi connectivity index (χ2v) is 8.97. The van der Waals surface area contributed by atoms with Crippen molar-refractivity contribution in [1.82, 2.24) is 15.3 Å². The second kappa shape index (κ2) is 11.6. The van der Waals surface area contributed by atoms with Crippen LogP contribution in [0.3, 0.4) is 0 Å².